The van der Waals surface area contributed by atoms with E-state index in [2.05, 4.69) is 15.5 Å². The Labute approximate surface area is 172 Å². The Morgan fingerprint density at radius 3 is 2.50 bits per heavy atom. The summed E-state index contributed by atoms with van der Waals surface area (Å²) in [6.07, 6.45) is 1.52. The average Bonchev–Trinajstić information content (AvgIpc) is 2.60. The Hall–Kier alpha value is -1.79. The van der Waals surface area contributed by atoms with Crippen LogP contribution in [0.25, 0.3) is 0 Å². The van der Waals surface area contributed by atoms with Gasteiger partial charge in [-0.2, -0.15) is 0 Å². The molecule has 1 aliphatic heterocycles. The summed E-state index contributed by atoms with van der Waals surface area (Å²) in [5, 5.41) is 6.52. The van der Waals surface area contributed by atoms with E-state index in [0.29, 0.717) is 24.0 Å². The number of likely N-dealkylation sites (tertiary alicyclic amines) is 1. The lowest BCUT2D eigenvalue weighted by Gasteiger charge is -2.32. The molecule has 1 saturated heterocycles. The van der Waals surface area contributed by atoms with Crippen LogP contribution in [0.3, 0.4) is 0 Å². The Bertz CT molecular complexity index is 667. The minimum Gasteiger partial charge on any atom is -0.444 e. The van der Waals surface area contributed by atoms with E-state index in [0.717, 1.165) is 31.5 Å². The molecule has 1 aliphatic rings. The first kappa shape index (κ1) is 22.5. The van der Waals surface area contributed by atoms with Crippen LogP contribution < -0.4 is 10.6 Å². The number of piperidine rings is 1. The molecule has 2 N–H and O–H groups in total. The van der Waals surface area contributed by atoms with E-state index >= 15 is 0 Å². The first-order valence-electron chi connectivity index (χ1n) is 9.87. The summed E-state index contributed by atoms with van der Waals surface area (Å²) in [5.41, 5.74) is 0.437. The summed E-state index contributed by atoms with van der Waals surface area (Å²) >= 11 is 6.20. The number of carbonyl (C=O) groups is 2. The van der Waals surface area contributed by atoms with Crippen molar-refractivity contribution in [3.05, 3.63) is 34.9 Å². The maximum Gasteiger partial charge on any atom is 0.407 e. The van der Waals surface area contributed by atoms with Crippen LogP contribution in [0.15, 0.2) is 24.3 Å². The number of rotatable bonds is 6. The molecule has 1 unspecified atom stereocenters. The normalized spacial score (nSPS) is 17.0. The fraction of sp³-hybridized carbons (Fsp3) is 0.619. The van der Waals surface area contributed by atoms with Gasteiger partial charge in [0.1, 0.15) is 5.60 Å². The van der Waals surface area contributed by atoms with E-state index in [9.17, 15) is 9.59 Å². The summed E-state index contributed by atoms with van der Waals surface area (Å²) in [6, 6.07) is 7.42. The molecule has 156 valence electrons. The summed E-state index contributed by atoms with van der Waals surface area (Å²) < 4.78 is 5.26. The smallest absolute Gasteiger partial charge is 0.407 e. The molecule has 28 heavy (non-hydrogen) atoms. The van der Waals surface area contributed by atoms with Gasteiger partial charge in [-0.1, -0.05) is 29.8 Å². The summed E-state index contributed by atoms with van der Waals surface area (Å²) in [7, 11) is 0. The van der Waals surface area contributed by atoms with E-state index in [1.807, 2.05) is 52.0 Å². The van der Waals surface area contributed by atoms with Crippen LogP contribution in [0.1, 0.15) is 52.1 Å². The van der Waals surface area contributed by atoms with Gasteiger partial charge in [-0.15, -0.1) is 0 Å². The third-order valence-electron chi connectivity index (χ3n) is 4.76. The highest BCUT2D eigenvalue weighted by Gasteiger charge is 2.23. The molecule has 0 spiro atoms. The van der Waals surface area contributed by atoms with E-state index in [4.69, 9.17) is 16.3 Å². The van der Waals surface area contributed by atoms with E-state index in [-0.39, 0.29) is 18.0 Å². The lowest BCUT2D eigenvalue weighted by atomic mass is 9.97. The Kier molecular flexibility index (Phi) is 8.13. The van der Waals surface area contributed by atoms with Gasteiger partial charge in [-0.05, 0) is 71.2 Å². The molecule has 0 radical (unpaired) electrons. The SMILES string of the molecule is CC(NC(=O)CN1CCC(CNC(=O)OC(C)(C)C)CC1)c1ccccc1Cl. The van der Waals surface area contributed by atoms with E-state index < -0.39 is 5.60 Å². The number of benzene rings is 1. The van der Waals surface area contributed by atoms with Gasteiger partial charge in [0.2, 0.25) is 5.91 Å². The van der Waals surface area contributed by atoms with Crippen LogP contribution in [0.5, 0.6) is 0 Å². The van der Waals surface area contributed by atoms with Crippen LogP contribution in [-0.4, -0.2) is 48.7 Å². The van der Waals surface area contributed by atoms with E-state index in [1.165, 1.54) is 0 Å². The minimum absolute atomic E-state index is 0.00208. The molecule has 1 aromatic rings. The van der Waals surface area contributed by atoms with Crippen molar-refractivity contribution in [3.8, 4) is 0 Å². The lowest BCUT2D eigenvalue weighted by molar-refractivity contribution is -0.123. The van der Waals surface area contributed by atoms with Crippen molar-refractivity contribution in [1.29, 1.82) is 0 Å². The second-order valence-electron chi connectivity index (χ2n) is 8.41. The van der Waals surface area contributed by atoms with Crippen molar-refractivity contribution in [1.82, 2.24) is 15.5 Å². The molecule has 7 heteroatoms. The topological polar surface area (TPSA) is 70.7 Å². The second-order valence-corrected chi connectivity index (χ2v) is 8.82. The maximum absolute atomic E-state index is 12.4. The standard InChI is InChI=1S/C21H32ClN3O3/c1-15(17-7-5-6-8-18(17)22)24-19(26)14-25-11-9-16(10-12-25)13-23-20(27)28-21(2,3)4/h5-8,15-16H,9-14H2,1-4H3,(H,23,27)(H,24,26). The molecule has 0 aliphatic carbocycles. The molecule has 0 aromatic heterocycles. The number of carbonyl (C=O) groups excluding carboxylic acids is 2. The first-order valence-corrected chi connectivity index (χ1v) is 10.2. The number of ether oxygens (including phenoxy) is 1. The predicted octanol–water partition coefficient (Wildman–Crippen LogP) is 3.75. The predicted molar refractivity (Wildman–Crippen MR) is 111 cm³/mol. The second kappa shape index (κ2) is 10.1. The summed E-state index contributed by atoms with van der Waals surface area (Å²) in [4.78, 5) is 26.3. The molecule has 2 amide bonds. The largest absolute Gasteiger partial charge is 0.444 e. The number of nitrogens with zero attached hydrogens (tertiary/aromatic N) is 1. The lowest BCUT2D eigenvalue weighted by Crippen LogP contribution is -2.44. The van der Waals surface area contributed by atoms with Crippen molar-refractivity contribution >= 4 is 23.6 Å². The van der Waals surface area contributed by atoms with E-state index in [1.54, 1.807) is 0 Å². The van der Waals surface area contributed by atoms with Crippen molar-refractivity contribution in [2.24, 2.45) is 5.92 Å². The van der Waals surface area contributed by atoms with Gasteiger partial charge in [0.25, 0.3) is 0 Å². The number of hydrogen-bond acceptors (Lipinski definition) is 4. The Morgan fingerprint density at radius 2 is 1.89 bits per heavy atom. The zero-order valence-electron chi connectivity index (χ0n) is 17.3. The number of halogens is 1. The molecule has 1 aromatic carbocycles. The molecule has 2 rings (SSSR count). The van der Waals surface area contributed by atoms with Crippen LogP contribution >= 0.6 is 11.6 Å². The fourth-order valence-electron chi connectivity index (χ4n) is 3.28. The number of nitrogens with one attached hydrogen (secondary N) is 2. The van der Waals surface area contributed by atoms with Crippen LogP contribution in [-0.2, 0) is 9.53 Å². The molecule has 1 atom stereocenters. The van der Waals surface area contributed by atoms with Crippen LogP contribution in [0.2, 0.25) is 5.02 Å². The summed E-state index contributed by atoms with van der Waals surface area (Å²) in [5.74, 6) is 0.409. The molecular weight excluding hydrogens is 378 g/mol. The quantitative estimate of drug-likeness (QED) is 0.750. The third kappa shape index (κ3) is 7.68. The van der Waals surface area contributed by atoms with Crippen molar-refractivity contribution in [3.63, 3.8) is 0 Å². The molecule has 1 fully saturated rings. The van der Waals surface area contributed by atoms with Crippen molar-refractivity contribution in [2.75, 3.05) is 26.2 Å². The molecule has 1 heterocycles. The highest BCUT2D eigenvalue weighted by Crippen LogP contribution is 2.22. The average molecular weight is 410 g/mol. The van der Waals surface area contributed by atoms with Gasteiger partial charge < -0.3 is 15.4 Å². The first-order chi connectivity index (χ1) is 13.1. The summed E-state index contributed by atoms with van der Waals surface area (Å²) in [6.45, 7) is 10.2. The van der Waals surface area contributed by atoms with Crippen LogP contribution in [0.4, 0.5) is 4.79 Å². The number of amides is 2. The zero-order valence-corrected chi connectivity index (χ0v) is 18.0. The van der Waals surface area contributed by atoms with Crippen molar-refractivity contribution < 1.29 is 14.3 Å². The number of hydrogen-bond donors (Lipinski definition) is 2. The highest BCUT2D eigenvalue weighted by atomic mass is 35.5. The molecular formula is C21H32ClN3O3. The van der Waals surface area contributed by atoms with Gasteiger partial charge in [0.15, 0.2) is 0 Å². The van der Waals surface area contributed by atoms with Gasteiger partial charge in [-0.3, -0.25) is 9.69 Å². The van der Waals surface area contributed by atoms with Crippen molar-refractivity contribution in [2.45, 2.75) is 52.2 Å². The zero-order chi connectivity index (χ0) is 20.7. The minimum atomic E-state index is -0.484. The molecule has 0 saturated carbocycles. The Morgan fingerprint density at radius 1 is 1.25 bits per heavy atom. The Balaban J connectivity index is 1.68. The highest BCUT2D eigenvalue weighted by molar-refractivity contribution is 6.31. The van der Waals surface area contributed by atoms with Gasteiger partial charge in [-0.25, -0.2) is 4.79 Å². The van der Waals surface area contributed by atoms with Gasteiger partial charge >= 0.3 is 6.09 Å². The number of alkyl carbamates (subject to hydrolysis) is 1. The molecule has 6 nitrogen and oxygen atoms in total. The third-order valence-corrected chi connectivity index (χ3v) is 5.10. The maximum atomic E-state index is 12.4. The fourth-order valence-corrected chi connectivity index (χ4v) is 3.58. The van der Waals surface area contributed by atoms with Gasteiger partial charge in [0, 0.05) is 11.6 Å². The molecule has 0 bridgehead atoms. The van der Waals surface area contributed by atoms with Gasteiger partial charge in [0.05, 0.1) is 12.6 Å². The van der Waals surface area contributed by atoms with Crippen LogP contribution in [0, 0.1) is 5.92 Å². The monoisotopic (exact) mass is 409 g/mol.